The highest BCUT2D eigenvalue weighted by Crippen LogP contribution is 2.23. The molecule has 0 bridgehead atoms. The summed E-state index contributed by atoms with van der Waals surface area (Å²) in [6.07, 6.45) is 2.88. The lowest BCUT2D eigenvalue weighted by atomic mass is 9.87. The summed E-state index contributed by atoms with van der Waals surface area (Å²) < 4.78 is 5.14. The molecule has 2 aromatic rings. The van der Waals surface area contributed by atoms with Gasteiger partial charge < -0.3 is 4.74 Å². The van der Waals surface area contributed by atoms with Crippen LogP contribution < -0.4 is 5.32 Å². The Hall–Kier alpha value is -2.36. The van der Waals surface area contributed by atoms with Gasteiger partial charge in [-0.1, -0.05) is 39.0 Å². The Labute approximate surface area is 125 Å². The summed E-state index contributed by atoms with van der Waals surface area (Å²) in [7, 11) is 0. The fraction of sp³-hybridized carbons (Fsp3) is 0.294. The molecule has 0 aliphatic rings. The van der Waals surface area contributed by atoms with E-state index in [1.54, 1.807) is 12.4 Å². The first kappa shape index (κ1) is 15.0. The molecule has 110 valence electrons. The minimum Gasteiger partial charge on any atom is -0.444 e. The molecule has 1 amide bonds. The van der Waals surface area contributed by atoms with Crippen molar-refractivity contribution in [2.75, 3.05) is 5.32 Å². The quantitative estimate of drug-likeness (QED) is 0.922. The van der Waals surface area contributed by atoms with Crippen molar-refractivity contribution < 1.29 is 9.53 Å². The summed E-state index contributed by atoms with van der Waals surface area (Å²) in [4.78, 5) is 15.7. The van der Waals surface area contributed by atoms with Crippen molar-refractivity contribution in [2.24, 2.45) is 0 Å². The lowest BCUT2D eigenvalue weighted by molar-refractivity contribution is 0.155. The summed E-state index contributed by atoms with van der Waals surface area (Å²) in [5, 5.41) is 2.71. The Morgan fingerprint density at radius 1 is 1.19 bits per heavy atom. The van der Waals surface area contributed by atoms with Gasteiger partial charge in [0.15, 0.2) is 0 Å². The van der Waals surface area contributed by atoms with E-state index in [0.29, 0.717) is 0 Å². The van der Waals surface area contributed by atoms with Crippen molar-refractivity contribution in [1.29, 1.82) is 0 Å². The zero-order valence-electron chi connectivity index (χ0n) is 12.6. The van der Waals surface area contributed by atoms with E-state index in [4.69, 9.17) is 4.74 Å². The fourth-order valence-electron chi connectivity index (χ4n) is 1.84. The summed E-state index contributed by atoms with van der Waals surface area (Å²) >= 11 is 0. The highest BCUT2D eigenvalue weighted by atomic mass is 16.5. The number of benzene rings is 1. The number of aromatic nitrogens is 1. The van der Waals surface area contributed by atoms with Gasteiger partial charge in [-0.3, -0.25) is 10.3 Å². The molecule has 2 rings (SSSR count). The van der Waals surface area contributed by atoms with Gasteiger partial charge in [0.05, 0.1) is 0 Å². The third-order valence-corrected chi connectivity index (χ3v) is 3.09. The van der Waals surface area contributed by atoms with Crippen molar-refractivity contribution in [2.45, 2.75) is 32.8 Å². The predicted octanol–water partition coefficient (Wildman–Crippen LogP) is 4.13. The van der Waals surface area contributed by atoms with E-state index < -0.39 is 6.09 Å². The molecular formula is C17H20N2O2. The minimum atomic E-state index is -0.470. The summed E-state index contributed by atoms with van der Waals surface area (Å²) in [5.74, 6) is 0. The molecule has 0 spiro atoms. The standard InChI is InChI=1S/C17H20N2O2/c1-17(2,3)14-6-8-15(9-7-14)19-16(20)21-12-13-5-4-10-18-11-13/h4-11H,12H2,1-3H3,(H,19,20). The van der Waals surface area contributed by atoms with Crippen LogP contribution in [0, 0.1) is 0 Å². The second-order valence-corrected chi connectivity index (χ2v) is 5.89. The van der Waals surface area contributed by atoms with Gasteiger partial charge in [-0.15, -0.1) is 0 Å². The lowest BCUT2D eigenvalue weighted by Gasteiger charge is -2.19. The average molecular weight is 284 g/mol. The molecule has 21 heavy (non-hydrogen) atoms. The zero-order valence-corrected chi connectivity index (χ0v) is 12.6. The number of nitrogens with one attached hydrogen (secondary N) is 1. The molecule has 0 radical (unpaired) electrons. The first-order valence-corrected chi connectivity index (χ1v) is 6.88. The number of carbonyl (C=O) groups excluding carboxylic acids is 1. The Morgan fingerprint density at radius 2 is 1.90 bits per heavy atom. The van der Waals surface area contributed by atoms with Crippen LogP contribution in [0.1, 0.15) is 31.9 Å². The molecule has 0 saturated heterocycles. The van der Waals surface area contributed by atoms with Gasteiger partial charge in [-0.05, 0) is 29.2 Å². The maximum atomic E-state index is 11.7. The lowest BCUT2D eigenvalue weighted by Crippen LogP contribution is -2.14. The summed E-state index contributed by atoms with van der Waals surface area (Å²) in [6.45, 7) is 6.66. The molecule has 0 unspecified atom stereocenters. The molecule has 1 aromatic carbocycles. The smallest absolute Gasteiger partial charge is 0.411 e. The minimum absolute atomic E-state index is 0.0966. The number of hydrogen-bond donors (Lipinski definition) is 1. The third-order valence-electron chi connectivity index (χ3n) is 3.09. The van der Waals surface area contributed by atoms with Crippen LogP contribution in [-0.4, -0.2) is 11.1 Å². The van der Waals surface area contributed by atoms with E-state index in [1.165, 1.54) is 5.56 Å². The molecular weight excluding hydrogens is 264 g/mol. The van der Waals surface area contributed by atoms with Crippen LogP contribution in [0.25, 0.3) is 0 Å². The maximum absolute atomic E-state index is 11.7. The van der Waals surface area contributed by atoms with Gasteiger partial charge in [0.2, 0.25) is 0 Å². The highest BCUT2D eigenvalue weighted by Gasteiger charge is 2.13. The molecule has 4 heteroatoms. The van der Waals surface area contributed by atoms with E-state index in [9.17, 15) is 4.79 Å². The fourth-order valence-corrected chi connectivity index (χ4v) is 1.84. The Balaban J connectivity index is 1.88. The van der Waals surface area contributed by atoms with Crippen LogP contribution in [0.5, 0.6) is 0 Å². The molecule has 0 aliphatic heterocycles. The van der Waals surface area contributed by atoms with E-state index in [0.717, 1.165) is 11.3 Å². The highest BCUT2D eigenvalue weighted by molar-refractivity contribution is 5.84. The van der Waals surface area contributed by atoms with Crippen LogP contribution in [0.2, 0.25) is 0 Å². The molecule has 1 heterocycles. The number of anilines is 1. The van der Waals surface area contributed by atoms with E-state index in [2.05, 4.69) is 31.1 Å². The van der Waals surface area contributed by atoms with Crippen molar-refractivity contribution >= 4 is 11.8 Å². The zero-order chi connectivity index (χ0) is 15.3. The number of rotatable bonds is 3. The number of ether oxygens (including phenoxy) is 1. The average Bonchev–Trinajstić information content (AvgIpc) is 2.46. The first-order chi connectivity index (χ1) is 9.95. The van der Waals surface area contributed by atoms with Crippen LogP contribution in [-0.2, 0) is 16.8 Å². The monoisotopic (exact) mass is 284 g/mol. The van der Waals surface area contributed by atoms with Crippen molar-refractivity contribution in [3.8, 4) is 0 Å². The van der Waals surface area contributed by atoms with E-state index in [1.807, 2.05) is 36.4 Å². The van der Waals surface area contributed by atoms with Gasteiger partial charge in [-0.2, -0.15) is 0 Å². The van der Waals surface area contributed by atoms with Crippen molar-refractivity contribution in [1.82, 2.24) is 4.98 Å². The van der Waals surface area contributed by atoms with Gasteiger partial charge >= 0.3 is 6.09 Å². The Kier molecular flexibility index (Phi) is 4.58. The summed E-state index contributed by atoms with van der Waals surface area (Å²) in [6, 6.07) is 11.4. The molecule has 1 N–H and O–H groups in total. The van der Waals surface area contributed by atoms with Crippen LogP contribution in [0.15, 0.2) is 48.8 Å². The van der Waals surface area contributed by atoms with Crippen molar-refractivity contribution in [3.05, 3.63) is 59.9 Å². The number of pyridine rings is 1. The van der Waals surface area contributed by atoms with Crippen LogP contribution in [0.3, 0.4) is 0 Å². The largest absolute Gasteiger partial charge is 0.444 e. The maximum Gasteiger partial charge on any atom is 0.411 e. The van der Waals surface area contributed by atoms with Crippen LogP contribution >= 0.6 is 0 Å². The van der Waals surface area contributed by atoms with Gasteiger partial charge in [-0.25, -0.2) is 4.79 Å². The molecule has 0 aliphatic carbocycles. The Morgan fingerprint density at radius 3 is 2.48 bits per heavy atom. The predicted molar refractivity (Wildman–Crippen MR) is 83.2 cm³/mol. The summed E-state index contributed by atoms with van der Waals surface area (Å²) in [5.41, 5.74) is 2.89. The van der Waals surface area contributed by atoms with Crippen LogP contribution in [0.4, 0.5) is 10.5 Å². The second-order valence-electron chi connectivity index (χ2n) is 5.89. The normalized spacial score (nSPS) is 11.0. The number of carbonyl (C=O) groups is 1. The van der Waals surface area contributed by atoms with Gasteiger partial charge in [0.25, 0.3) is 0 Å². The molecule has 0 atom stereocenters. The second kappa shape index (κ2) is 6.39. The van der Waals surface area contributed by atoms with Gasteiger partial charge in [0, 0.05) is 23.6 Å². The Bertz CT molecular complexity index is 586. The first-order valence-electron chi connectivity index (χ1n) is 6.88. The van der Waals surface area contributed by atoms with Crippen molar-refractivity contribution in [3.63, 3.8) is 0 Å². The van der Waals surface area contributed by atoms with Gasteiger partial charge in [0.1, 0.15) is 6.61 Å². The SMILES string of the molecule is CC(C)(C)c1ccc(NC(=O)OCc2cccnc2)cc1. The third kappa shape index (κ3) is 4.60. The number of hydrogen-bond acceptors (Lipinski definition) is 3. The number of amides is 1. The molecule has 0 fully saturated rings. The van der Waals surface area contributed by atoms with E-state index in [-0.39, 0.29) is 12.0 Å². The molecule has 4 nitrogen and oxygen atoms in total. The topological polar surface area (TPSA) is 51.2 Å². The molecule has 1 aromatic heterocycles. The molecule has 0 saturated carbocycles. The number of nitrogens with zero attached hydrogens (tertiary/aromatic N) is 1. The van der Waals surface area contributed by atoms with E-state index >= 15 is 0 Å².